The molecule has 0 atom stereocenters. The second kappa shape index (κ2) is 6.41. The van der Waals surface area contributed by atoms with Crippen LogP contribution in [0.4, 0.5) is 4.39 Å². The summed E-state index contributed by atoms with van der Waals surface area (Å²) in [6, 6.07) is 10.1. The maximum Gasteiger partial charge on any atom is 0.186 e. The van der Waals surface area contributed by atoms with Crippen LogP contribution in [-0.4, -0.2) is 24.3 Å². The zero-order valence-electron chi connectivity index (χ0n) is 10.4. The highest BCUT2D eigenvalue weighted by Gasteiger charge is 2.12. The van der Waals surface area contributed by atoms with E-state index in [0.29, 0.717) is 13.1 Å². The highest BCUT2D eigenvalue weighted by atomic mass is 79.9. The molecule has 0 unspecified atom stereocenters. The molecule has 1 aromatic carbocycles. The van der Waals surface area contributed by atoms with Gasteiger partial charge in [0.05, 0.1) is 15.2 Å². The quantitative estimate of drug-likeness (QED) is 0.767. The van der Waals surface area contributed by atoms with Crippen LogP contribution in [0.15, 0.2) is 40.2 Å². The topological polar surface area (TPSA) is 20.3 Å². The van der Waals surface area contributed by atoms with E-state index in [1.54, 1.807) is 6.07 Å². The van der Waals surface area contributed by atoms with Gasteiger partial charge in [-0.15, -0.1) is 11.3 Å². The van der Waals surface area contributed by atoms with E-state index in [-0.39, 0.29) is 11.6 Å². The number of ketones is 1. The van der Waals surface area contributed by atoms with E-state index in [1.165, 1.54) is 23.5 Å². The molecule has 0 saturated heterocycles. The molecule has 5 heteroatoms. The SMILES string of the molecule is CN(CC(=O)c1ccc(Br)s1)Cc1cccc(F)c1. The molecule has 2 nitrogen and oxygen atoms in total. The first-order valence-corrected chi connectivity index (χ1v) is 7.37. The Bertz CT molecular complexity index is 584. The second-order valence-electron chi connectivity index (χ2n) is 4.33. The third kappa shape index (κ3) is 4.23. The van der Waals surface area contributed by atoms with Gasteiger partial charge in [-0.25, -0.2) is 4.39 Å². The summed E-state index contributed by atoms with van der Waals surface area (Å²) in [4.78, 5) is 14.6. The Morgan fingerprint density at radius 3 is 2.79 bits per heavy atom. The largest absolute Gasteiger partial charge is 0.295 e. The second-order valence-corrected chi connectivity index (χ2v) is 6.79. The molecular weight excluding hydrogens is 329 g/mol. The summed E-state index contributed by atoms with van der Waals surface area (Å²) in [7, 11) is 1.85. The van der Waals surface area contributed by atoms with Gasteiger partial charge in [0.15, 0.2) is 5.78 Å². The van der Waals surface area contributed by atoms with Crippen molar-refractivity contribution in [3.63, 3.8) is 0 Å². The van der Waals surface area contributed by atoms with Crippen molar-refractivity contribution < 1.29 is 9.18 Å². The van der Waals surface area contributed by atoms with Gasteiger partial charge in [0.2, 0.25) is 0 Å². The first-order chi connectivity index (χ1) is 9.04. The van der Waals surface area contributed by atoms with Gasteiger partial charge in [0.25, 0.3) is 0 Å². The minimum Gasteiger partial charge on any atom is -0.295 e. The predicted molar refractivity (Wildman–Crippen MR) is 79.1 cm³/mol. The van der Waals surface area contributed by atoms with Crippen LogP contribution in [-0.2, 0) is 6.54 Å². The van der Waals surface area contributed by atoms with Crippen LogP contribution in [0.2, 0.25) is 0 Å². The molecule has 0 amide bonds. The monoisotopic (exact) mass is 341 g/mol. The molecule has 100 valence electrons. The molecule has 0 saturated carbocycles. The number of likely N-dealkylation sites (N-methyl/N-ethyl adjacent to an activating group) is 1. The molecule has 0 fully saturated rings. The number of hydrogen-bond donors (Lipinski definition) is 0. The number of rotatable bonds is 5. The van der Waals surface area contributed by atoms with Crippen LogP contribution in [0.5, 0.6) is 0 Å². The Labute approximate surface area is 124 Å². The smallest absolute Gasteiger partial charge is 0.186 e. The van der Waals surface area contributed by atoms with Crippen molar-refractivity contribution in [2.24, 2.45) is 0 Å². The Balaban J connectivity index is 1.94. The van der Waals surface area contributed by atoms with Crippen molar-refractivity contribution in [2.75, 3.05) is 13.6 Å². The van der Waals surface area contributed by atoms with Gasteiger partial charge in [0, 0.05) is 6.54 Å². The molecule has 19 heavy (non-hydrogen) atoms. The number of halogens is 2. The average Bonchev–Trinajstić information content (AvgIpc) is 2.75. The fraction of sp³-hybridized carbons (Fsp3) is 0.214. The molecule has 2 aromatic rings. The van der Waals surface area contributed by atoms with Crippen molar-refractivity contribution in [3.05, 3.63) is 56.4 Å². The van der Waals surface area contributed by atoms with Gasteiger partial charge in [0.1, 0.15) is 5.82 Å². The molecule has 0 bridgehead atoms. The normalized spacial score (nSPS) is 10.9. The van der Waals surface area contributed by atoms with E-state index >= 15 is 0 Å². The van der Waals surface area contributed by atoms with Crippen molar-refractivity contribution in [3.8, 4) is 0 Å². The van der Waals surface area contributed by atoms with Crippen LogP contribution >= 0.6 is 27.3 Å². The molecule has 0 N–H and O–H groups in total. The van der Waals surface area contributed by atoms with Crippen LogP contribution < -0.4 is 0 Å². The zero-order valence-corrected chi connectivity index (χ0v) is 12.8. The summed E-state index contributed by atoms with van der Waals surface area (Å²) in [6.45, 7) is 0.875. The highest BCUT2D eigenvalue weighted by molar-refractivity contribution is 9.11. The van der Waals surface area contributed by atoms with E-state index < -0.39 is 0 Å². The van der Waals surface area contributed by atoms with Crippen LogP contribution in [0.3, 0.4) is 0 Å². The first-order valence-electron chi connectivity index (χ1n) is 5.76. The van der Waals surface area contributed by atoms with E-state index in [4.69, 9.17) is 0 Å². The lowest BCUT2D eigenvalue weighted by atomic mass is 10.2. The molecule has 0 aliphatic carbocycles. The summed E-state index contributed by atoms with van der Waals surface area (Å²) >= 11 is 4.77. The molecule has 1 heterocycles. The highest BCUT2D eigenvalue weighted by Crippen LogP contribution is 2.22. The minimum atomic E-state index is -0.251. The number of Topliss-reactive ketones (excluding diaryl/α,β-unsaturated/α-hetero) is 1. The van der Waals surface area contributed by atoms with Crippen LogP contribution in [0.25, 0.3) is 0 Å². The Morgan fingerprint density at radius 2 is 2.16 bits per heavy atom. The Hall–Kier alpha value is -1.04. The fourth-order valence-electron chi connectivity index (χ4n) is 1.79. The van der Waals surface area contributed by atoms with Gasteiger partial charge in [-0.2, -0.15) is 0 Å². The van der Waals surface area contributed by atoms with E-state index in [1.807, 2.05) is 30.1 Å². The molecule has 0 radical (unpaired) electrons. The lowest BCUT2D eigenvalue weighted by molar-refractivity contribution is 0.0947. The van der Waals surface area contributed by atoms with Gasteiger partial charge >= 0.3 is 0 Å². The summed E-state index contributed by atoms with van der Waals surface area (Å²) in [5, 5.41) is 0. The van der Waals surface area contributed by atoms with E-state index in [0.717, 1.165) is 14.2 Å². The van der Waals surface area contributed by atoms with Crippen LogP contribution in [0.1, 0.15) is 15.2 Å². The molecule has 0 aliphatic rings. The first kappa shape index (κ1) is 14.4. The summed E-state index contributed by atoms with van der Waals surface area (Å²) in [5.74, 6) is -0.172. The Morgan fingerprint density at radius 1 is 1.37 bits per heavy atom. The third-order valence-corrected chi connectivity index (χ3v) is 4.27. The molecule has 2 rings (SSSR count). The Kier molecular flexibility index (Phi) is 4.85. The standard InChI is InChI=1S/C14H13BrFNOS/c1-17(8-10-3-2-4-11(16)7-10)9-12(18)13-5-6-14(15)19-13/h2-7H,8-9H2,1H3. The number of hydrogen-bond acceptors (Lipinski definition) is 3. The zero-order chi connectivity index (χ0) is 13.8. The third-order valence-electron chi connectivity index (χ3n) is 2.60. The van der Waals surface area contributed by atoms with Crippen molar-refractivity contribution in [1.29, 1.82) is 0 Å². The molecule has 0 spiro atoms. The lowest BCUT2D eigenvalue weighted by Crippen LogP contribution is -2.25. The van der Waals surface area contributed by atoms with Gasteiger partial charge < -0.3 is 0 Å². The number of benzene rings is 1. The number of carbonyl (C=O) groups is 1. The molecular formula is C14H13BrFNOS. The van der Waals surface area contributed by atoms with E-state index in [2.05, 4.69) is 15.9 Å². The summed E-state index contributed by atoms with van der Waals surface area (Å²) < 4.78 is 14.0. The average molecular weight is 342 g/mol. The molecule has 0 aliphatic heterocycles. The van der Waals surface area contributed by atoms with Crippen molar-refractivity contribution in [2.45, 2.75) is 6.54 Å². The van der Waals surface area contributed by atoms with E-state index in [9.17, 15) is 9.18 Å². The molecule has 1 aromatic heterocycles. The van der Waals surface area contributed by atoms with Crippen LogP contribution in [0, 0.1) is 5.82 Å². The fourth-order valence-corrected chi connectivity index (χ4v) is 3.11. The summed E-state index contributed by atoms with van der Waals surface area (Å²) in [5.41, 5.74) is 0.864. The summed E-state index contributed by atoms with van der Waals surface area (Å²) in [6.07, 6.45) is 0. The van der Waals surface area contributed by atoms with Crippen molar-refractivity contribution in [1.82, 2.24) is 4.90 Å². The lowest BCUT2D eigenvalue weighted by Gasteiger charge is -2.15. The number of nitrogens with zero attached hydrogens (tertiary/aromatic N) is 1. The van der Waals surface area contributed by atoms with Gasteiger partial charge in [-0.3, -0.25) is 9.69 Å². The predicted octanol–water partition coefficient (Wildman–Crippen LogP) is 3.96. The van der Waals surface area contributed by atoms with Crippen molar-refractivity contribution >= 4 is 33.0 Å². The number of carbonyl (C=O) groups excluding carboxylic acids is 1. The minimum absolute atomic E-state index is 0.0783. The van der Waals surface area contributed by atoms with Gasteiger partial charge in [-0.05, 0) is 52.8 Å². The maximum absolute atomic E-state index is 13.1. The number of thiophene rings is 1. The van der Waals surface area contributed by atoms with Gasteiger partial charge in [-0.1, -0.05) is 12.1 Å². The maximum atomic E-state index is 13.1.